The first-order valence-corrected chi connectivity index (χ1v) is 7.15. The van der Waals surface area contributed by atoms with Gasteiger partial charge >= 0.3 is 0 Å². The van der Waals surface area contributed by atoms with Crippen molar-refractivity contribution in [2.45, 2.75) is 26.2 Å². The Bertz CT molecular complexity index is 442. The van der Waals surface area contributed by atoms with Crippen LogP contribution in [-0.2, 0) is 6.42 Å². The summed E-state index contributed by atoms with van der Waals surface area (Å²) in [6, 6.07) is 2.06. The molecular formula is C15H22ClNO2. The molecule has 1 saturated heterocycles. The first-order valence-electron chi connectivity index (χ1n) is 6.78. The number of rotatable bonds is 4. The molecule has 3 nitrogen and oxygen atoms in total. The summed E-state index contributed by atoms with van der Waals surface area (Å²) in [5, 5.41) is 4.11. The van der Waals surface area contributed by atoms with E-state index in [1.807, 2.05) is 6.92 Å². The van der Waals surface area contributed by atoms with Gasteiger partial charge in [-0.05, 0) is 56.8 Å². The molecule has 1 atom stereocenters. The monoisotopic (exact) mass is 283 g/mol. The first-order chi connectivity index (χ1) is 9.17. The van der Waals surface area contributed by atoms with Gasteiger partial charge in [0.05, 0.1) is 19.2 Å². The molecule has 1 aliphatic rings. The van der Waals surface area contributed by atoms with Crippen LogP contribution in [0.15, 0.2) is 6.07 Å². The topological polar surface area (TPSA) is 30.5 Å². The van der Waals surface area contributed by atoms with Crippen LogP contribution in [0.3, 0.4) is 0 Å². The summed E-state index contributed by atoms with van der Waals surface area (Å²) in [4.78, 5) is 0. The number of nitrogens with one attached hydrogen (secondary N) is 1. The number of benzene rings is 1. The van der Waals surface area contributed by atoms with E-state index in [2.05, 4.69) is 11.4 Å². The highest BCUT2D eigenvalue weighted by atomic mass is 35.5. The third-order valence-electron chi connectivity index (χ3n) is 3.83. The van der Waals surface area contributed by atoms with E-state index in [1.165, 1.54) is 12.8 Å². The molecule has 0 bridgehead atoms. The van der Waals surface area contributed by atoms with Gasteiger partial charge in [-0.2, -0.15) is 0 Å². The predicted molar refractivity (Wildman–Crippen MR) is 78.6 cm³/mol. The van der Waals surface area contributed by atoms with Crippen LogP contribution >= 0.6 is 11.6 Å². The minimum Gasteiger partial charge on any atom is -0.496 e. The lowest BCUT2D eigenvalue weighted by atomic mass is 9.91. The molecule has 0 radical (unpaired) electrons. The normalized spacial score (nSPS) is 19.3. The second kappa shape index (κ2) is 6.49. The van der Waals surface area contributed by atoms with Crippen molar-refractivity contribution in [1.29, 1.82) is 0 Å². The molecule has 0 spiro atoms. The zero-order chi connectivity index (χ0) is 13.8. The summed E-state index contributed by atoms with van der Waals surface area (Å²) in [7, 11) is 3.35. The lowest BCUT2D eigenvalue weighted by Gasteiger charge is -2.24. The fraction of sp³-hybridized carbons (Fsp3) is 0.600. The molecule has 0 amide bonds. The molecule has 19 heavy (non-hydrogen) atoms. The van der Waals surface area contributed by atoms with Gasteiger partial charge in [0.1, 0.15) is 11.5 Å². The van der Waals surface area contributed by atoms with Crippen molar-refractivity contribution >= 4 is 11.6 Å². The van der Waals surface area contributed by atoms with Crippen molar-refractivity contribution in [2.75, 3.05) is 27.3 Å². The third kappa shape index (κ3) is 3.15. The zero-order valence-electron chi connectivity index (χ0n) is 11.9. The first kappa shape index (κ1) is 14.5. The Morgan fingerprint density at radius 1 is 1.37 bits per heavy atom. The van der Waals surface area contributed by atoms with E-state index in [1.54, 1.807) is 14.2 Å². The minimum absolute atomic E-state index is 0.645. The van der Waals surface area contributed by atoms with Crippen LogP contribution in [-0.4, -0.2) is 27.3 Å². The van der Waals surface area contributed by atoms with Crippen molar-refractivity contribution < 1.29 is 9.47 Å². The molecule has 1 fully saturated rings. The molecule has 1 aliphatic heterocycles. The number of hydrogen-bond acceptors (Lipinski definition) is 3. The molecule has 0 saturated carbocycles. The highest BCUT2D eigenvalue weighted by molar-refractivity contribution is 6.33. The van der Waals surface area contributed by atoms with Gasteiger partial charge in [0.25, 0.3) is 0 Å². The fourth-order valence-electron chi connectivity index (χ4n) is 2.75. The Balaban J connectivity index is 2.29. The van der Waals surface area contributed by atoms with E-state index in [0.29, 0.717) is 10.9 Å². The van der Waals surface area contributed by atoms with E-state index < -0.39 is 0 Å². The number of ether oxygens (including phenoxy) is 2. The second-order valence-corrected chi connectivity index (χ2v) is 5.50. The second-order valence-electron chi connectivity index (χ2n) is 5.13. The molecule has 1 aromatic carbocycles. The standard InChI is InChI=1S/C15H22ClNO2/c1-10-13(18-2)8-12(15(19-3)14(10)16)7-11-5-4-6-17-9-11/h8,11,17H,4-7,9H2,1-3H3. The van der Waals surface area contributed by atoms with Crippen LogP contribution in [0.1, 0.15) is 24.0 Å². The van der Waals surface area contributed by atoms with Crippen molar-refractivity contribution in [3.05, 3.63) is 22.2 Å². The maximum absolute atomic E-state index is 6.38. The minimum atomic E-state index is 0.645. The summed E-state index contributed by atoms with van der Waals surface area (Å²) in [5.41, 5.74) is 2.08. The zero-order valence-corrected chi connectivity index (χ0v) is 12.6. The Hall–Kier alpha value is -0.930. The van der Waals surface area contributed by atoms with E-state index in [0.717, 1.165) is 42.1 Å². The number of halogens is 1. The van der Waals surface area contributed by atoms with Crippen LogP contribution < -0.4 is 14.8 Å². The summed E-state index contributed by atoms with van der Waals surface area (Å²) in [5.74, 6) is 2.28. The van der Waals surface area contributed by atoms with Crippen molar-refractivity contribution in [3.8, 4) is 11.5 Å². The highest BCUT2D eigenvalue weighted by Gasteiger charge is 2.20. The molecule has 1 aromatic rings. The van der Waals surface area contributed by atoms with Crippen molar-refractivity contribution in [1.82, 2.24) is 5.32 Å². The summed E-state index contributed by atoms with van der Waals surface area (Å²) in [6.45, 7) is 4.15. The molecule has 1 unspecified atom stereocenters. The summed E-state index contributed by atoms with van der Waals surface area (Å²) in [6.07, 6.45) is 3.47. The van der Waals surface area contributed by atoms with Gasteiger partial charge in [0.2, 0.25) is 0 Å². The van der Waals surface area contributed by atoms with Gasteiger partial charge in [0, 0.05) is 5.56 Å². The van der Waals surface area contributed by atoms with Crippen LogP contribution in [0.5, 0.6) is 11.5 Å². The van der Waals surface area contributed by atoms with E-state index in [4.69, 9.17) is 21.1 Å². The predicted octanol–water partition coefficient (Wildman–Crippen LogP) is 3.21. The van der Waals surface area contributed by atoms with Gasteiger partial charge in [-0.1, -0.05) is 11.6 Å². The molecule has 1 N–H and O–H groups in total. The van der Waals surface area contributed by atoms with Crippen LogP contribution in [0.4, 0.5) is 0 Å². The van der Waals surface area contributed by atoms with Crippen LogP contribution in [0.2, 0.25) is 5.02 Å². The molecule has 1 heterocycles. The maximum atomic E-state index is 6.38. The number of piperidine rings is 1. The lowest BCUT2D eigenvalue weighted by Crippen LogP contribution is -2.30. The quantitative estimate of drug-likeness (QED) is 0.920. The average molecular weight is 284 g/mol. The molecule has 4 heteroatoms. The van der Waals surface area contributed by atoms with Crippen LogP contribution in [0, 0.1) is 12.8 Å². The lowest BCUT2D eigenvalue weighted by molar-refractivity contribution is 0.361. The Kier molecular flexibility index (Phi) is 4.94. The van der Waals surface area contributed by atoms with Crippen molar-refractivity contribution in [3.63, 3.8) is 0 Å². The maximum Gasteiger partial charge on any atom is 0.141 e. The van der Waals surface area contributed by atoms with E-state index >= 15 is 0 Å². The Morgan fingerprint density at radius 2 is 2.16 bits per heavy atom. The Morgan fingerprint density at radius 3 is 2.74 bits per heavy atom. The van der Waals surface area contributed by atoms with Gasteiger partial charge in [-0.15, -0.1) is 0 Å². The molecule has 2 rings (SSSR count). The average Bonchev–Trinajstić information content (AvgIpc) is 2.44. The largest absolute Gasteiger partial charge is 0.496 e. The SMILES string of the molecule is COc1cc(CC2CCCNC2)c(OC)c(Cl)c1C. The summed E-state index contributed by atoms with van der Waals surface area (Å²) < 4.78 is 10.9. The molecule has 106 valence electrons. The molecular weight excluding hydrogens is 262 g/mol. The van der Waals surface area contributed by atoms with Gasteiger partial charge < -0.3 is 14.8 Å². The highest BCUT2D eigenvalue weighted by Crippen LogP contribution is 2.39. The number of hydrogen-bond donors (Lipinski definition) is 1. The molecule has 0 aromatic heterocycles. The Labute approximate surface area is 120 Å². The van der Waals surface area contributed by atoms with E-state index in [-0.39, 0.29) is 0 Å². The van der Waals surface area contributed by atoms with E-state index in [9.17, 15) is 0 Å². The summed E-state index contributed by atoms with van der Waals surface area (Å²) >= 11 is 6.38. The fourth-order valence-corrected chi connectivity index (χ4v) is 3.04. The van der Waals surface area contributed by atoms with Gasteiger partial charge in [0.15, 0.2) is 0 Å². The smallest absolute Gasteiger partial charge is 0.141 e. The third-order valence-corrected chi connectivity index (χ3v) is 4.28. The number of methoxy groups -OCH3 is 2. The molecule has 0 aliphatic carbocycles. The van der Waals surface area contributed by atoms with Gasteiger partial charge in [-0.25, -0.2) is 0 Å². The van der Waals surface area contributed by atoms with Crippen molar-refractivity contribution in [2.24, 2.45) is 5.92 Å². The van der Waals surface area contributed by atoms with Gasteiger partial charge in [-0.3, -0.25) is 0 Å². The van der Waals surface area contributed by atoms with Crippen LogP contribution in [0.25, 0.3) is 0 Å².